The van der Waals surface area contributed by atoms with Gasteiger partial charge in [0, 0.05) is 5.56 Å². The fourth-order valence-electron chi connectivity index (χ4n) is 1.62. The Labute approximate surface area is 104 Å². The van der Waals surface area contributed by atoms with Crippen molar-refractivity contribution in [3.05, 3.63) is 60.9 Å². The molecule has 3 aromatic rings. The highest BCUT2D eigenvalue weighted by Crippen LogP contribution is 2.25. The number of ether oxygens (including phenoxy) is 1. The van der Waals surface area contributed by atoms with Gasteiger partial charge in [0.25, 0.3) is 5.89 Å². The van der Waals surface area contributed by atoms with Crippen LogP contribution in [-0.2, 0) is 0 Å². The summed E-state index contributed by atoms with van der Waals surface area (Å²) >= 11 is 0. The van der Waals surface area contributed by atoms with Crippen LogP contribution in [-0.4, -0.2) is 10.1 Å². The summed E-state index contributed by atoms with van der Waals surface area (Å²) < 4.78 is 10.7. The lowest BCUT2D eigenvalue weighted by Crippen LogP contribution is -1.84. The molecule has 0 fully saturated rings. The molecule has 2 aromatic carbocycles. The Bertz CT molecular complexity index is 621. The zero-order valence-electron chi connectivity index (χ0n) is 9.48. The second kappa shape index (κ2) is 4.71. The Hall–Kier alpha value is -2.62. The molecule has 0 aliphatic heterocycles. The maximum Gasteiger partial charge on any atom is 0.257 e. The van der Waals surface area contributed by atoms with Crippen molar-refractivity contribution in [3.8, 4) is 23.0 Å². The Morgan fingerprint density at radius 1 is 0.889 bits per heavy atom. The summed E-state index contributed by atoms with van der Waals surface area (Å²) in [6, 6.07) is 17.1. The molecule has 1 heterocycles. The zero-order chi connectivity index (χ0) is 12.2. The molecule has 4 heteroatoms. The molecule has 0 atom stereocenters. The van der Waals surface area contributed by atoms with Crippen LogP contribution in [0.15, 0.2) is 65.4 Å². The summed E-state index contributed by atoms with van der Waals surface area (Å²) in [5.74, 6) is 2.01. The quantitative estimate of drug-likeness (QED) is 0.700. The molecule has 0 radical (unpaired) electrons. The Balaban J connectivity index is 1.88. The van der Waals surface area contributed by atoms with Crippen LogP contribution in [0.1, 0.15) is 0 Å². The van der Waals surface area contributed by atoms with Crippen LogP contribution in [0, 0.1) is 0 Å². The van der Waals surface area contributed by atoms with Crippen LogP contribution >= 0.6 is 0 Å². The van der Waals surface area contributed by atoms with Gasteiger partial charge in [-0.15, -0.1) is 0 Å². The average Bonchev–Trinajstić information content (AvgIpc) is 2.94. The maximum absolute atomic E-state index is 5.73. The molecule has 0 spiro atoms. The number of aromatic nitrogens is 2. The highest BCUT2D eigenvalue weighted by atomic mass is 16.5. The topological polar surface area (TPSA) is 48.2 Å². The van der Waals surface area contributed by atoms with E-state index in [1.807, 2.05) is 54.6 Å². The molecule has 4 nitrogen and oxygen atoms in total. The van der Waals surface area contributed by atoms with Crippen molar-refractivity contribution >= 4 is 0 Å². The fraction of sp³-hybridized carbons (Fsp3) is 0. The van der Waals surface area contributed by atoms with Gasteiger partial charge in [-0.1, -0.05) is 29.4 Å². The van der Waals surface area contributed by atoms with Gasteiger partial charge in [-0.2, -0.15) is 4.98 Å². The summed E-state index contributed by atoms with van der Waals surface area (Å²) in [5.41, 5.74) is 0.834. The number of hydrogen-bond donors (Lipinski definition) is 0. The SMILES string of the molecule is c1ccc(Oc2cccc(-c3ncno3)c2)cc1. The number of benzene rings is 2. The predicted molar refractivity (Wildman–Crippen MR) is 66.3 cm³/mol. The fourth-order valence-corrected chi connectivity index (χ4v) is 1.62. The minimum absolute atomic E-state index is 0.480. The van der Waals surface area contributed by atoms with Gasteiger partial charge in [-0.05, 0) is 30.3 Å². The van der Waals surface area contributed by atoms with Crippen molar-refractivity contribution in [2.75, 3.05) is 0 Å². The van der Waals surface area contributed by atoms with Gasteiger partial charge in [0.05, 0.1) is 0 Å². The molecule has 0 N–H and O–H groups in total. The van der Waals surface area contributed by atoms with E-state index in [1.54, 1.807) is 0 Å². The van der Waals surface area contributed by atoms with Crippen LogP contribution in [0.3, 0.4) is 0 Å². The summed E-state index contributed by atoms with van der Waals surface area (Å²) in [5, 5.41) is 3.59. The lowest BCUT2D eigenvalue weighted by molar-refractivity contribution is 0.429. The normalized spacial score (nSPS) is 10.2. The zero-order valence-corrected chi connectivity index (χ0v) is 9.48. The molecule has 0 amide bonds. The molecular formula is C14H10N2O2. The van der Waals surface area contributed by atoms with Crippen LogP contribution in [0.25, 0.3) is 11.5 Å². The first-order valence-corrected chi connectivity index (χ1v) is 5.52. The highest BCUT2D eigenvalue weighted by Gasteiger charge is 2.05. The Morgan fingerprint density at radius 3 is 2.50 bits per heavy atom. The van der Waals surface area contributed by atoms with Crippen molar-refractivity contribution in [1.82, 2.24) is 10.1 Å². The molecule has 3 rings (SSSR count). The third-order valence-corrected chi connectivity index (χ3v) is 2.42. The van der Waals surface area contributed by atoms with E-state index >= 15 is 0 Å². The van der Waals surface area contributed by atoms with Crippen molar-refractivity contribution in [1.29, 1.82) is 0 Å². The second-order valence-electron chi connectivity index (χ2n) is 3.69. The molecule has 0 aliphatic rings. The van der Waals surface area contributed by atoms with Crippen LogP contribution in [0.2, 0.25) is 0 Å². The number of para-hydroxylation sites is 1. The molecular weight excluding hydrogens is 228 g/mol. The molecule has 0 saturated heterocycles. The first kappa shape index (κ1) is 10.5. The third-order valence-electron chi connectivity index (χ3n) is 2.42. The number of nitrogens with zero attached hydrogens (tertiary/aromatic N) is 2. The van der Waals surface area contributed by atoms with Crippen LogP contribution in [0.4, 0.5) is 0 Å². The molecule has 1 aromatic heterocycles. The summed E-state index contributed by atoms with van der Waals surface area (Å²) in [7, 11) is 0. The van der Waals surface area contributed by atoms with Crippen molar-refractivity contribution in [2.24, 2.45) is 0 Å². The summed E-state index contributed by atoms with van der Waals surface area (Å²) in [4.78, 5) is 4.00. The largest absolute Gasteiger partial charge is 0.457 e. The van der Waals surface area contributed by atoms with Crippen LogP contribution < -0.4 is 4.74 Å². The van der Waals surface area contributed by atoms with Gasteiger partial charge in [-0.3, -0.25) is 0 Å². The van der Waals surface area contributed by atoms with Gasteiger partial charge in [0.2, 0.25) is 0 Å². The van der Waals surface area contributed by atoms with Gasteiger partial charge in [-0.25, -0.2) is 0 Å². The first-order chi connectivity index (χ1) is 8.92. The lowest BCUT2D eigenvalue weighted by atomic mass is 10.2. The molecule has 0 bridgehead atoms. The van der Waals surface area contributed by atoms with E-state index in [9.17, 15) is 0 Å². The monoisotopic (exact) mass is 238 g/mol. The standard InChI is InChI=1S/C14H10N2O2/c1-2-6-12(7-3-1)17-13-8-4-5-11(9-13)14-15-10-16-18-14/h1-10H. The van der Waals surface area contributed by atoms with Gasteiger partial charge in [0.15, 0.2) is 6.33 Å². The molecule has 18 heavy (non-hydrogen) atoms. The maximum atomic E-state index is 5.73. The van der Waals surface area contributed by atoms with Crippen LogP contribution in [0.5, 0.6) is 11.5 Å². The highest BCUT2D eigenvalue weighted by molar-refractivity contribution is 5.55. The number of rotatable bonds is 3. The van der Waals surface area contributed by atoms with Crippen molar-refractivity contribution in [3.63, 3.8) is 0 Å². The second-order valence-corrected chi connectivity index (χ2v) is 3.69. The minimum atomic E-state index is 0.480. The lowest BCUT2D eigenvalue weighted by Gasteiger charge is -2.05. The molecule has 0 saturated carbocycles. The minimum Gasteiger partial charge on any atom is -0.457 e. The van der Waals surface area contributed by atoms with Crippen molar-refractivity contribution < 1.29 is 9.26 Å². The van der Waals surface area contributed by atoms with E-state index in [1.165, 1.54) is 6.33 Å². The average molecular weight is 238 g/mol. The first-order valence-electron chi connectivity index (χ1n) is 5.52. The van der Waals surface area contributed by atoms with Gasteiger partial charge in [0.1, 0.15) is 11.5 Å². The smallest absolute Gasteiger partial charge is 0.257 e. The van der Waals surface area contributed by atoms with Gasteiger partial charge >= 0.3 is 0 Å². The Kier molecular flexibility index (Phi) is 2.75. The third kappa shape index (κ3) is 2.22. The number of hydrogen-bond acceptors (Lipinski definition) is 4. The van der Waals surface area contributed by atoms with E-state index in [-0.39, 0.29) is 0 Å². The molecule has 0 aliphatic carbocycles. The van der Waals surface area contributed by atoms with E-state index in [2.05, 4.69) is 10.1 Å². The Morgan fingerprint density at radius 2 is 1.72 bits per heavy atom. The molecule has 0 unspecified atom stereocenters. The van der Waals surface area contributed by atoms with E-state index in [0.717, 1.165) is 17.1 Å². The van der Waals surface area contributed by atoms with Gasteiger partial charge < -0.3 is 9.26 Å². The van der Waals surface area contributed by atoms with E-state index < -0.39 is 0 Å². The summed E-state index contributed by atoms with van der Waals surface area (Å²) in [6.45, 7) is 0. The summed E-state index contributed by atoms with van der Waals surface area (Å²) in [6.07, 6.45) is 1.38. The van der Waals surface area contributed by atoms with E-state index in [4.69, 9.17) is 9.26 Å². The predicted octanol–water partition coefficient (Wildman–Crippen LogP) is 3.53. The van der Waals surface area contributed by atoms with Crippen molar-refractivity contribution in [2.45, 2.75) is 0 Å². The molecule has 88 valence electrons. The van der Waals surface area contributed by atoms with E-state index in [0.29, 0.717) is 5.89 Å².